The number of carbonyl (C=O) groups is 2. The van der Waals surface area contributed by atoms with Crippen molar-refractivity contribution >= 4 is 68.3 Å². The second kappa shape index (κ2) is 15.1. The summed E-state index contributed by atoms with van der Waals surface area (Å²) >= 11 is 3.67. The van der Waals surface area contributed by atoms with Crippen molar-refractivity contribution in [2.45, 2.75) is 29.2 Å². The van der Waals surface area contributed by atoms with Gasteiger partial charge in [0.05, 0.1) is 33.0 Å². The average molecular weight is 721 g/mol. The van der Waals surface area contributed by atoms with Crippen molar-refractivity contribution in [1.82, 2.24) is 19.7 Å². The number of hydrogen-bond acceptors (Lipinski definition) is 9. The Morgan fingerprint density at radius 1 is 0.857 bits per heavy atom. The van der Waals surface area contributed by atoms with Crippen LogP contribution in [-0.4, -0.2) is 43.1 Å². The van der Waals surface area contributed by atoms with E-state index in [9.17, 15) is 22.8 Å². The second-order valence-corrected chi connectivity index (χ2v) is 13.7. The molecule has 9 nitrogen and oxygen atoms in total. The summed E-state index contributed by atoms with van der Waals surface area (Å²) in [6, 6.07) is 27.4. The zero-order valence-corrected chi connectivity index (χ0v) is 28.2. The smallest absolute Gasteiger partial charge is 0.418 e. The monoisotopic (exact) mass is 720 g/mol. The number of anilines is 2. The summed E-state index contributed by atoms with van der Waals surface area (Å²) in [6.07, 6.45) is -4.58. The zero-order valence-electron chi connectivity index (χ0n) is 25.7. The number of alkyl halides is 3. The van der Waals surface area contributed by atoms with E-state index in [0.717, 1.165) is 39.5 Å². The maximum Gasteiger partial charge on any atom is 0.418 e. The van der Waals surface area contributed by atoms with Crippen molar-refractivity contribution in [1.29, 1.82) is 0 Å². The summed E-state index contributed by atoms with van der Waals surface area (Å²) in [7, 11) is 0. The molecule has 0 fully saturated rings. The molecular weight excluding hydrogens is 694 g/mol. The Labute approximate surface area is 291 Å². The third kappa shape index (κ3) is 8.60. The molecule has 2 amide bonds. The predicted molar refractivity (Wildman–Crippen MR) is 187 cm³/mol. The molecule has 0 aliphatic carbocycles. The van der Waals surface area contributed by atoms with Crippen LogP contribution in [-0.2, 0) is 22.4 Å². The lowest BCUT2D eigenvalue weighted by Gasteiger charge is -2.13. The van der Waals surface area contributed by atoms with Crippen LogP contribution in [0.2, 0.25) is 0 Å². The molecule has 4 aromatic carbocycles. The number of benzene rings is 4. The van der Waals surface area contributed by atoms with E-state index in [0.29, 0.717) is 26.5 Å². The van der Waals surface area contributed by atoms with Gasteiger partial charge in [-0.1, -0.05) is 72.1 Å². The van der Waals surface area contributed by atoms with E-state index < -0.39 is 17.6 Å². The van der Waals surface area contributed by atoms with Crippen LogP contribution in [0.1, 0.15) is 17.0 Å². The van der Waals surface area contributed by atoms with Gasteiger partial charge in [0.2, 0.25) is 11.8 Å². The number of amides is 2. The zero-order chi connectivity index (χ0) is 34.4. The minimum absolute atomic E-state index is 0.0675. The van der Waals surface area contributed by atoms with Gasteiger partial charge in [-0.3, -0.25) is 14.2 Å². The number of fused-ring (bicyclic) bond motifs is 1. The van der Waals surface area contributed by atoms with Crippen LogP contribution in [0.25, 0.3) is 15.9 Å². The minimum Gasteiger partial charge on any atom is -0.485 e. The van der Waals surface area contributed by atoms with Crippen LogP contribution in [0.15, 0.2) is 107 Å². The fourth-order valence-corrected chi connectivity index (χ4v) is 7.39. The molecule has 250 valence electrons. The van der Waals surface area contributed by atoms with Gasteiger partial charge in [0.25, 0.3) is 0 Å². The number of thioether (sulfide) groups is 2. The van der Waals surface area contributed by atoms with Gasteiger partial charge >= 0.3 is 6.18 Å². The number of aromatic nitrogens is 4. The van der Waals surface area contributed by atoms with Gasteiger partial charge in [0.15, 0.2) is 15.3 Å². The lowest BCUT2D eigenvalue weighted by atomic mass is 10.1. The van der Waals surface area contributed by atoms with Gasteiger partial charge in [-0.25, -0.2) is 4.98 Å². The van der Waals surface area contributed by atoms with Crippen LogP contribution in [0, 0.1) is 6.92 Å². The molecule has 0 bridgehead atoms. The molecule has 49 heavy (non-hydrogen) atoms. The third-order valence-electron chi connectivity index (χ3n) is 6.98. The number of ether oxygens (including phenoxy) is 1. The molecule has 0 spiro atoms. The molecule has 0 aliphatic rings. The molecule has 2 N–H and O–H groups in total. The third-order valence-corrected chi connectivity index (χ3v) is 10.1. The van der Waals surface area contributed by atoms with E-state index in [-0.39, 0.29) is 29.7 Å². The van der Waals surface area contributed by atoms with Crippen LogP contribution < -0.4 is 15.4 Å². The maximum absolute atomic E-state index is 13.3. The molecule has 0 saturated carbocycles. The number of carbonyl (C=O) groups excluding carboxylic acids is 2. The van der Waals surface area contributed by atoms with Gasteiger partial charge < -0.3 is 15.4 Å². The molecule has 6 aromatic rings. The van der Waals surface area contributed by atoms with Crippen LogP contribution in [0.5, 0.6) is 5.75 Å². The van der Waals surface area contributed by atoms with E-state index in [2.05, 4.69) is 25.8 Å². The Kier molecular flexibility index (Phi) is 10.5. The molecule has 2 aromatic heterocycles. The number of halogens is 3. The fourth-order valence-electron chi connectivity index (χ4n) is 4.71. The quantitative estimate of drug-likeness (QED) is 0.122. The highest BCUT2D eigenvalue weighted by molar-refractivity contribution is 8.01. The number of nitrogens with one attached hydrogen (secondary N) is 2. The van der Waals surface area contributed by atoms with Crippen molar-refractivity contribution in [3.63, 3.8) is 0 Å². The number of nitrogens with zero attached hydrogens (tertiary/aromatic N) is 4. The number of para-hydroxylation sites is 3. The molecule has 0 unspecified atom stereocenters. The lowest BCUT2D eigenvalue weighted by Crippen LogP contribution is -2.18. The number of thiazole rings is 1. The summed E-state index contributed by atoms with van der Waals surface area (Å²) in [5, 5.41) is 14.5. The average Bonchev–Trinajstić information content (AvgIpc) is 3.69. The van der Waals surface area contributed by atoms with Crippen molar-refractivity contribution in [2.75, 3.05) is 22.1 Å². The second-order valence-electron chi connectivity index (χ2n) is 10.5. The lowest BCUT2D eigenvalue weighted by molar-refractivity contribution is -0.137. The highest BCUT2D eigenvalue weighted by Gasteiger charge is 2.33. The van der Waals surface area contributed by atoms with Gasteiger partial charge in [-0.15, -0.1) is 21.5 Å². The van der Waals surface area contributed by atoms with Gasteiger partial charge in [0, 0.05) is 11.4 Å². The number of hydrogen-bond donors (Lipinski definition) is 2. The summed E-state index contributed by atoms with van der Waals surface area (Å²) in [6.45, 7) is 2.15. The van der Waals surface area contributed by atoms with Crippen LogP contribution >= 0.6 is 34.9 Å². The fraction of sp³-hybridized carbons (Fsp3) is 0.147. The van der Waals surface area contributed by atoms with E-state index >= 15 is 0 Å². The first kappa shape index (κ1) is 34.0. The van der Waals surface area contributed by atoms with E-state index in [1.807, 2.05) is 66.1 Å². The highest BCUT2D eigenvalue weighted by Crippen LogP contribution is 2.35. The van der Waals surface area contributed by atoms with Crippen LogP contribution in [0.4, 0.5) is 24.5 Å². The molecule has 2 heterocycles. The summed E-state index contributed by atoms with van der Waals surface area (Å²) in [5.41, 5.74) is 1.87. The van der Waals surface area contributed by atoms with E-state index in [1.54, 1.807) is 18.2 Å². The Morgan fingerprint density at radius 3 is 2.37 bits per heavy atom. The summed E-state index contributed by atoms with van der Waals surface area (Å²) < 4.78 is 49.0. The van der Waals surface area contributed by atoms with Crippen molar-refractivity contribution < 1.29 is 27.5 Å². The summed E-state index contributed by atoms with van der Waals surface area (Å²) in [5.74, 6) is 0.446. The van der Waals surface area contributed by atoms with Gasteiger partial charge in [-0.2, -0.15) is 13.2 Å². The minimum atomic E-state index is -4.58. The molecule has 0 saturated heterocycles. The van der Waals surface area contributed by atoms with Gasteiger partial charge in [-0.05, 0) is 61.0 Å². The predicted octanol–water partition coefficient (Wildman–Crippen LogP) is 8.24. The highest BCUT2D eigenvalue weighted by atomic mass is 32.2. The first-order chi connectivity index (χ1) is 23.6. The van der Waals surface area contributed by atoms with E-state index in [1.165, 1.54) is 41.3 Å². The number of rotatable bonds is 12. The van der Waals surface area contributed by atoms with Crippen molar-refractivity contribution in [3.8, 4) is 11.4 Å². The largest absolute Gasteiger partial charge is 0.485 e. The van der Waals surface area contributed by atoms with Gasteiger partial charge in [0.1, 0.15) is 12.4 Å². The Bertz CT molecular complexity index is 2100. The molecule has 0 aliphatic heterocycles. The number of aryl methyl sites for hydroxylation is 1. The topological polar surface area (TPSA) is 111 Å². The molecule has 0 radical (unpaired) electrons. The molecule has 6 rings (SSSR count). The Morgan fingerprint density at radius 2 is 1.57 bits per heavy atom. The maximum atomic E-state index is 13.3. The molecule has 0 atom stereocenters. The standard InChI is InChI=1S/C34H27F3N6O3S3/c1-21-9-5-8-14-27(21)46-18-29-41-42-32(43(29)23-10-3-2-4-11-23)47-19-30(44)38-22-15-16-26-28(17-22)49-33(40-26)48-20-31(45)39-25-13-7-6-12-24(25)34(35,36)37/h2-17H,18-20H2,1H3,(H,38,44)(H,39,45). The van der Waals surface area contributed by atoms with E-state index in [4.69, 9.17) is 4.74 Å². The normalized spacial score (nSPS) is 11.4. The first-order valence-corrected chi connectivity index (χ1v) is 17.5. The summed E-state index contributed by atoms with van der Waals surface area (Å²) in [4.78, 5) is 29.9. The molecular formula is C34H27F3N6O3S3. The van der Waals surface area contributed by atoms with Crippen LogP contribution in [0.3, 0.4) is 0 Å². The molecule has 15 heteroatoms. The van der Waals surface area contributed by atoms with Crippen molar-refractivity contribution in [2.24, 2.45) is 0 Å². The van der Waals surface area contributed by atoms with Crippen molar-refractivity contribution in [3.05, 3.63) is 114 Å². The Hall–Kier alpha value is -4.86. The first-order valence-electron chi connectivity index (χ1n) is 14.7. The Balaban J connectivity index is 1.06. The SMILES string of the molecule is Cc1ccccc1OCc1nnc(SCC(=O)Nc2ccc3nc(SCC(=O)Nc4ccccc4C(F)(F)F)sc3c2)n1-c1ccccc1.